The van der Waals surface area contributed by atoms with E-state index in [1.807, 2.05) is 24.4 Å². The molecule has 3 N–H and O–H groups in total. The largest absolute Gasteiger partial charge is 0.364 e. The topological polar surface area (TPSA) is 84.7 Å². The van der Waals surface area contributed by atoms with Gasteiger partial charge in [-0.05, 0) is 18.2 Å². The SMILES string of the molecule is NC(=O)c1ncccc1-c1cnc2[nH]ccc2c1. The van der Waals surface area contributed by atoms with Crippen molar-refractivity contribution in [2.24, 2.45) is 5.73 Å². The van der Waals surface area contributed by atoms with Gasteiger partial charge in [-0.15, -0.1) is 0 Å². The van der Waals surface area contributed by atoms with Crippen LogP contribution in [0.1, 0.15) is 10.5 Å². The molecular weight excluding hydrogens is 228 g/mol. The summed E-state index contributed by atoms with van der Waals surface area (Å²) in [6, 6.07) is 7.44. The monoisotopic (exact) mass is 238 g/mol. The number of amides is 1. The molecule has 0 unspecified atom stereocenters. The highest BCUT2D eigenvalue weighted by Gasteiger charge is 2.11. The van der Waals surface area contributed by atoms with Crippen LogP contribution >= 0.6 is 0 Å². The summed E-state index contributed by atoms with van der Waals surface area (Å²) < 4.78 is 0. The van der Waals surface area contributed by atoms with Crippen LogP contribution in [0.25, 0.3) is 22.2 Å². The van der Waals surface area contributed by atoms with Crippen molar-refractivity contribution in [3.05, 3.63) is 48.5 Å². The predicted octanol–water partition coefficient (Wildman–Crippen LogP) is 1.72. The standard InChI is InChI=1S/C13H10N4O/c14-12(18)11-10(2-1-4-15-11)9-6-8-3-5-16-13(8)17-7-9/h1-7H,(H2,14,18)(H,16,17). The fourth-order valence-electron chi connectivity index (χ4n) is 1.92. The molecule has 3 aromatic heterocycles. The van der Waals surface area contributed by atoms with E-state index < -0.39 is 5.91 Å². The van der Waals surface area contributed by atoms with E-state index >= 15 is 0 Å². The van der Waals surface area contributed by atoms with Gasteiger partial charge in [0.25, 0.3) is 5.91 Å². The molecule has 5 heteroatoms. The lowest BCUT2D eigenvalue weighted by Crippen LogP contribution is -2.14. The average Bonchev–Trinajstić information content (AvgIpc) is 2.85. The molecule has 0 saturated heterocycles. The maximum atomic E-state index is 11.3. The first-order chi connectivity index (χ1) is 8.75. The molecule has 0 aliphatic heterocycles. The molecule has 88 valence electrons. The number of hydrogen-bond acceptors (Lipinski definition) is 3. The van der Waals surface area contributed by atoms with E-state index in [0.717, 1.165) is 16.6 Å². The van der Waals surface area contributed by atoms with E-state index in [2.05, 4.69) is 15.0 Å². The zero-order valence-corrected chi connectivity index (χ0v) is 9.42. The number of aromatic nitrogens is 3. The number of nitrogens with zero attached hydrogens (tertiary/aromatic N) is 2. The number of carbonyl (C=O) groups excluding carboxylic acids is 1. The Kier molecular flexibility index (Phi) is 2.30. The molecule has 0 bridgehead atoms. The van der Waals surface area contributed by atoms with Gasteiger partial charge in [-0.2, -0.15) is 0 Å². The number of hydrogen-bond donors (Lipinski definition) is 2. The summed E-state index contributed by atoms with van der Waals surface area (Å²) in [5.74, 6) is -0.542. The molecule has 0 radical (unpaired) electrons. The minimum absolute atomic E-state index is 0.259. The van der Waals surface area contributed by atoms with Gasteiger partial charge in [-0.25, -0.2) is 4.98 Å². The zero-order chi connectivity index (χ0) is 12.5. The minimum Gasteiger partial charge on any atom is -0.364 e. The molecule has 0 atom stereocenters. The van der Waals surface area contributed by atoms with E-state index in [4.69, 9.17) is 5.73 Å². The molecular formula is C13H10N4O. The average molecular weight is 238 g/mol. The molecule has 1 amide bonds. The molecule has 0 aliphatic rings. The second-order valence-electron chi connectivity index (χ2n) is 3.90. The summed E-state index contributed by atoms with van der Waals surface area (Å²) in [6.07, 6.45) is 5.06. The van der Waals surface area contributed by atoms with Gasteiger partial charge >= 0.3 is 0 Å². The van der Waals surface area contributed by atoms with Gasteiger partial charge in [0, 0.05) is 35.1 Å². The number of rotatable bonds is 2. The van der Waals surface area contributed by atoms with Gasteiger partial charge in [-0.3, -0.25) is 9.78 Å². The van der Waals surface area contributed by atoms with Crippen molar-refractivity contribution >= 4 is 16.9 Å². The lowest BCUT2D eigenvalue weighted by Gasteiger charge is -2.05. The van der Waals surface area contributed by atoms with Crippen LogP contribution in [0.15, 0.2) is 42.9 Å². The first-order valence-corrected chi connectivity index (χ1v) is 5.44. The Balaban J connectivity index is 2.22. The van der Waals surface area contributed by atoms with Crippen LogP contribution in [0.4, 0.5) is 0 Å². The van der Waals surface area contributed by atoms with Crippen molar-refractivity contribution in [3.63, 3.8) is 0 Å². The maximum Gasteiger partial charge on any atom is 0.267 e. The van der Waals surface area contributed by atoms with E-state index in [0.29, 0.717) is 5.56 Å². The highest BCUT2D eigenvalue weighted by molar-refractivity contribution is 5.98. The number of aromatic amines is 1. The summed E-state index contributed by atoms with van der Waals surface area (Å²) in [5.41, 5.74) is 7.90. The normalized spacial score (nSPS) is 10.7. The maximum absolute atomic E-state index is 11.3. The van der Waals surface area contributed by atoms with Crippen molar-refractivity contribution in [1.29, 1.82) is 0 Å². The number of pyridine rings is 2. The Labute approximate surface area is 103 Å². The molecule has 5 nitrogen and oxygen atoms in total. The van der Waals surface area contributed by atoms with E-state index in [-0.39, 0.29) is 5.69 Å². The number of H-pyrrole nitrogens is 1. The van der Waals surface area contributed by atoms with Gasteiger partial charge in [0.1, 0.15) is 11.3 Å². The molecule has 3 aromatic rings. The predicted molar refractivity (Wildman–Crippen MR) is 67.8 cm³/mol. The van der Waals surface area contributed by atoms with Gasteiger partial charge < -0.3 is 10.7 Å². The number of primary amides is 1. The molecule has 0 fully saturated rings. The quantitative estimate of drug-likeness (QED) is 0.712. The highest BCUT2D eigenvalue weighted by Crippen LogP contribution is 2.24. The molecule has 3 heterocycles. The number of nitrogens with two attached hydrogens (primary N) is 1. The van der Waals surface area contributed by atoms with Crippen LogP contribution in [0, 0.1) is 0 Å². The number of fused-ring (bicyclic) bond motifs is 1. The number of nitrogens with one attached hydrogen (secondary N) is 1. The molecule has 3 rings (SSSR count). The summed E-state index contributed by atoms with van der Waals surface area (Å²) >= 11 is 0. The van der Waals surface area contributed by atoms with Crippen molar-refractivity contribution in [1.82, 2.24) is 15.0 Å². The second kappa shape index (κ2) is 3.96. The zero-order valence-electron chi connectivity index (χ0n) is 9.42. The third-order valence-electron chi connectivity index (χ3n) is 2.75. The van der Waals surface area contributed by atoms with E-state index in [1.54, 1.807) is 18.5 Å². The van der Waals surface area contributed by atoms with Crippen LogP contribution in [-0.4, -0.2) is 20.9 Å². The first-order valence-electron chi connectivity index (χ1n) is 5.44. The van der Waals surface area contributed by atoms with Crippen molar-refractivity contribution in [2.75, 3.05) is 0 Å². The first kappa shape index (κ1) is 10.5. The fourth-order valence-corrected chi connectivity index (χ4v) is 1.92. The Morgan fingerprint density at radius 2 is 2.17 bits per heavy atom. The van der Waals surface area contributed by atoms with Gasteiger partial charge in [0.2, 0.25) is 0 Å². The summed E-state index contributed by atoms with van der Waals surface area (Å²) in [7, 11) is 0. The summed E-state index contributed by atoms with van der Waals surface area (Å²) in [5, 5.41) is 0.978. The second-order valence-corrected chi connectivity index (χ2v) is 3.90. The Morgan fingerprint density at radius 3 is 3.00 bits per heavy atom. The lowest BCUT2D eigenvalue weighted by molar-refractivity contribution is 0.0996. The van der Waals surface area contributed by atoms with E-state index in [9.17, 15) is 4.79 Å². The molecule has 0 aliphatic carbocycles. The van der Waals surface area contributed by atoms with E-state index in [1.165, 1.54) is 0 Å². The molecule has 0 saturated carbocycles. The molecule has 0 spiro atoms. The van der Waals surface area contributed by atoms with Gasteiger partial charge in [0.15, 0.2) is 0 Å². The summed E-state index contributed by atoms with van der Waals surface area (Å²) in [6.45, 7) is 0. The van der Waals surface area contributed by atoms with Crippen molar-refractivity contribution < 1.29 is 4.79 Å². The smallest absolute Gasteiger partial charge is 0.267 e. The third kappa shape index (κ3) is 1.62. The van der Waals surface area contributed by atoms with Gasteiger partial charge in [0.05, 0.1) is 0 Å². The Hall–Kier alpha value is -2.69. The molecule has 0 aromatic carbocycles. The van der Waals surface area contributed by atoms with Gasteiger partial charge in [-0.1, -0.05) is 6.07 Å². The van der Waals surface area contributed by atoms with Crippen LogP contribution < -0.4 is 5.73 Å². The third-order valence-corrected chi connectivity index (χ3v) is 2.75. The van der Waals surface area contributed by atoms with Crippen molar-refractivity contribution in [3.8, 4) is 11.1 Å². The molecule has 18 heavy (non-hydrogen) atoms. The fraction of sp³-hybridized carbons (Fsp3) is 0. The lowest BCUT2D eigenvalue weighted by atomic mass is 10.0. The van der Waals surface area contributed by atoms with Crippen LogP contribution in [0.2, 0.25) is 0 Å². The highest BCUT2D eigenvalue weighted by atomic mass is 16.1. The Morgan fingerprint density at radius 1 is 1.28 bits per heavy atom. The summed E-state index contributed by atoms with van der Waals surface area (Å²) in [4.78, 5) is 22.7. The Bertz CT molecular complexity index is 732. The van der Waals surface area contributed by atoms with Crippen LogP contribution in [0.5, 0.6) is 0 Å². The minimum atomic E-state index is -0.542. The number of carbonyl (C=O) groups is 1. The van der Waals surface area contributed by atoms with Crippen LogP contribution in [-0.2, 0) is 0 Å². The van der Waals surface area contributed by atoms with Crippen LogP contribution in [0.3, 0.4) is 0 Å². The van der Waals surface area contributed by atoms with Crippen molar-refractivity contribution in [2.45, 2.75) is 0 Å².